The first kappa shape index (κ1) is 10.7. The lowest BCUT2D eigenvalue weighted by atomic mass is 9.89. The Labute approximate surface area is 94.2 Å². The van der Waals surface area contributed by atoms with Crippen LogP contribution in [-0.4, -0.2) is 18.5 Å². The minimum atomic E-state index is -0.552. The smallest absolute Gasteiger partial charge is 0.328 e. The average Bonchev–Trinajstić information content (AvgIpc) is 2.27. The van der Waals surface area contributed by atoms with Crippen LogP contribution in [-0.2, 0) is 4.79 Å². The molecule has 0 bridgehead atoms. The van der Waals surface area contributed by atoms with Crippen LogP contribution >= 0.6 is 0 Å². The van der Waals surface area contributed by atoms with E-state index in [0.717, 1.165) is 0 Å². The predicted molar refractivity (Wildman–Crippen MR) is 61.1 cm³/mol. The number of imide groups is 1. The number of nitrogens with zero attached hydrogens (tertiary/aromatic N) is 1. The first-order chi connectivity index (χ1) is 7.52. The summed E-state index contributed by atoms with van der Waals surface area (Å²) in [6.45, 7) is 4.03. The molecular formula is C12H14N2O2. The number of carbonyl (C=O) groups excluding carboxylic acids is 2. The number of urea groups is 1. The number of hydrogen-bond acceptors (Lipinski definition) is 2. The van der Waals surface area contributed by atoms with Crippen LogP contribution in [0.4, 0.5) is 10.5 Å². The second kappa shape index (κ2) is 3.63. The van der Waals surface area contributed by atoms with Gasteiger partial charge in [0.2, 0.25) is 5.91 Å². The van der Waals surface area contributed by atoms with E-state index in [4.69, 9.17) is 0 Å². The minimum absolute atomic E-state index is 0.164. The summed E-state index contributed by atoms with van der Waals surface area (Å²) in [5.74, 6) is -0.164. The lowest BCUT2D eigenvalue weighted by Gasteiger charge is -2.36. The summed E-state index contributed by atoms with van der Waals surface area (Å²) in [6, 6.07) is 8.60. The van der Waals surface area contributed by atoms with E-state index >= 15 is 0 Å². The van der Waals surface area contributed by atoms with Crippen LogP contribution in [0.1, 0.15) is 13.8 Å². The van der Waals surface area contributed by atoms with Gasteiger partial charge in [-0.05, 0) is 26.0 Å². The van der Waals surface area contributed by atoms with Crippen molar-refractivity contribution in [2.45, 2.75) is 13.8 Å². The highest BCUT2D eigenvalue weighted by Crippen LogP contribution is 2.26. The van der Waals surface area contributed by atoms with Crippen molar-refractivity contribution in [2.75, 3.05) is 11.4 Å². The monoisotopic (exact) mass is 218 g/mol. The second-order valence-electron chi connectivity index (χ2n) is 4.52. The van der Waals surface area contributed by atoms with Gasteiger partial charge in [0.05, 0.1) is 11.1 Å². The van der Waals surface area contributed by atoms with Gasteiger partial charge in [-0.15, -0.1) is 0 Å². The predicted octanol–water partition coefficient (Wildman–Crippen LogP) is 1.77. The molecule has 1 N–H and O–H groups in total. The van der Waals surface area contributed by atoms with Crippen molar-refractivity contribution in [1.29, 1.82) is 0 Å². The number of rotatable bonds is 1. The number of hydrogen-bond donors (Lipinski definition) is 1. The molecule has 0 radical (unpaired) electrons. The van der Waals surface area contributed by atoms with Crippen LogP contribution < -0.4 is 10.2 Å². The van der Waals surface area contributed by atoms with Crippen LogP contribution in [0.15, 0.2) is 30.3 Å². The van der Waals surface area contributed by atoms with Gasteiger partial charge >= 0.3 is 6.03 Å². The molecule has 0 aliphatic carbocycles. The molecule has 16 heavy (non-hydrogen) atoms. The molecule has 0 saturated carbocycles. The Balaban J connectivity index is 2.39. The fraction of sp³-hybridized carbons (Fsp3) is 0.333. The van der Waals surface area contributed by atoms with Crippen molar-refractivity contribution < 1.29 is 9.59 Å². The normalized spacial score (nSPS) is 19.5. The Morgan fingerprint density at radius 2 is 1.81 bits per heavy atom. The van der Waals surface area contributed by atoms with Crippen LogP contribution in [0, 0.1) is 5.41 Å². The standard InChI is InChI=1S/C12H14N2O2/c1-12(2)8-13-11(16)14(10(12)15)9-6-4-3-5-7-9/h3-7H,8H2,1-2H3,(H,13,16). The van der Waals surface area contributed by atoms with Crippen LogP contribution in [0.2, 0.25) is 0 Å². The Morgan fingerprint density at radius 1 is 1.19 bits per heavy atom. The van der Waals surface area contributed by atoms with E-state index in [1.807, 2.05) is 19.9 Å². The van der Waals surface area contributed by atoms with Crippen molar-refractivity contribution in [2.24, 2.45) is 5.41 Å². The summed E-state index contributed by atoms with van der Waals surface area (Å²) in [6.07, 6.45) is 0. The molecule has 1 fully saturated rings. The molecule has 2 rings (SSSR count). The number of nitrogens with one attached hydrogen (secondary N) is 1. The molecule has 0 unspecified atom stereocenters. The molecule has 1 aromatic carbocycles. The maximum Gasteiger partial charge on any atom is 0.328 e. The first-order valence-electron chi connectivity index (χ1n) is 5.20. The largest absolute Gasteiger partial charge is 0.336 e. The topological polar surface area (TPSA) is 49.4 Å². The maximum atomic E-state index is 12.1. The third-order valence-corrected chi connectivity index (χ3v) is 2.68. The zero-order valence-electron chi connectivity index (χ0n) is 9.36. The van der Waals surface area contributed by atoms with E-state index < -0.39 is 5.41 Å². The molecule has 4 heteroatoms. The summed E-state index contributed by atoms with van der Waals surface area (Å²) in [7, 11) is 0. The molecule has 0 spiro atoms. The van der Waals surface area contributed by atoms with E-state index in [1.165, 1.54) is 4.90 Å². The third kappa shape index (κ3) is 1.66. The van der Waals surface area contributed by atoms with Crippen molar-refractivity contribution in [3.05, 3.63) is 30.3 Å². The van der Waals surface area contributed by atoms with E-state index in [9.17, 15) is 9.59 Å². The van der Waals surface area contributed by atoms with Gasteiger partial charge < -0.3 is 5.32 Å². The number of carbonyl (C=O) groups is 2. The van der Waals surface area contributed by atoms with Gasteiger partial charge in [-0.1, -0.05) is 18.2 Å². The van der Waals surface area contributed by atoms with Crippen molar-refractivity contribution >= 4 is 17.6 Å². The summed E-state index contributed by atoms with van der Waals surface area (Å²) in [4.78, 5) is 25.0. The van der Waals surface area contributed by atoms with E-state index in [1.54, 1.807) is 24.3 Å². The number of benzene rings is 1. The van der Waals surface area contributed by atoms with Gasteiger partial charge in [-0.2, -0.15) is 0 Å². The highest BCUT2D eigenvalue weighted by Gasteiger charge is 2.40. The second-order valence-corrected chi connectivity index (χ2v) is 4.52. The molecule has 4 nitrogen and oxygen atoms in total. The lowest BCUT2D eigenvalue weighted by Crippen LogP contribution is -2.58. The van der Waals surface area contributed by atoms with Crippen molar-refractivity contribution in [1.82, 2.24) is 5.32 Å². The van der Waals surface area contributed by atoms with Gasteiger partial charge in [0.15, 0.2) is 0 Å². The number of amides is 3. The van der Waals surface area contributed by atoms with Gasteiger partial charge in [-0.3, -0.25) is 4.79 Å². The van der Waals surface area contributed by atoms with Gasteiger partial charge in [0, 0.05) is 6.54 Å². The van der Waals surface area contributed by atoms with Crippen molar-refractivity contribution in [3.63, 3.8) is 0 Å². The molecule has 3 amide bonds. The molecule has 0 atom stereocenters. The SMILES string of the molecule is CC1(C)CNC(=O)N(c2ccccc2)C1=O. The summed E-state index contributed by atoms with van der Waals surface area (Å²) < 4.78 is 0. The molecule has 1 saturated heterocycles. The third-order valence-electron chi connectivity index (χ3n) is 2.68. The zero-order valence-corrected chi connectivity index (χ0v) is 9.36. The van der Waals surface area contributed by atoms with Gasteiger partial charge in [-0.25, -0.2) is 9.69 Å². The quantitative estimate of drug-likeness (QED) is 0.781. The molecule has 1 heterocycles. The van der Waals surface area contributed by atoms with Crippen LogP contribution in [0.3, 0.4) is 0 Å². The van der Waals surface area contributed by atoms with E-state index in [2.05, 4.69) is 5.32 Å². The Kier molecular flexibility index (Phi) is 2.42. The van der Waals surface area contributed by atoms with Gasteiger partial charge in [0.25, 0.3) is 0 Å². The minimum Gasteiger partial charge on any atom is -0.336 e. The Morgan fingerprint density at radius 3 is 2.44 bits per heavy atom. The highest BCUT2D eigenvalue weighted by molar-refractivity contribution is 6.17. The Hall–Kier alpha value is -1.84. The maximum absolute atomic E-state index is 12.1. The molecular weight excluding hydrogens is 204 g/mol. The average molecular weight is 218 g/mol. The number of anilines is 1. The van der Waals surface area contributed by atoms with Crippen LogP contribution in [0.25, 0.3) is 0 Å². The molecule has 0 aromatic heterocycles. The fourth-order valence-electron chi connectivity index (χ4n) is 1.66. The van der Waals surface area contributed by atoms with E-state index in [-0.39, 0.29) is 11.9 Å². The first-order valence-corrected chi connectivity index (χ1v) is 5.20. The summed E-state index contributed by atoms with van der Waals surface area (Å²) in [5, 5.41) is 2.72. The van der Waals surface area contributed by atoms with Crippen LogP contribution in [0.5, 0.6) is 0 Å². The number of para-hydroxylation sites is 1. The molecule has 1 aromatic rings. The molecule has 1 aliphatic rings. The highest BCUT2D eigenvalue weighted by atomic mass is 16.2. The molecule has 1 aliphatic heterocycles. The summed E-state index contributed by atoms with van der Waals surface area (Å²) in [5.41, 5.74) is 0.0572. The fourth-order valence-corrected chi connectivity index (χ4v) is 1.66. The van der Waals surface area contributed by atoms with E-state index in [0.29, 0.717) is 12.2 Å². The molecule has 84 valence electrons. The van der Waals surface area contributed by atoms with Gasteiger partial charge in [0.1, 0.15) is 0 Å². The lowest BCUT2D eigenvalue weighted by molar-refractivity contribution is -0.126. The zero-order chi connectivity index (χ0) is 11.8. The van der Waals surface area contributed by atoms with Crippen molar-refractivity contribution in [3.8, 4) is 0 Å². The summed E-state index contributed by atoms with van der Waals surface area (Å²) >= 11 is 0. The Bertz CT molecular complexity index is 426.